The summed E-state index contributed by atoms with van der Waals surface area (Å²) in [6, 6.07) is 10.4. The Hall–Kier alpha value is -1.88. The molecule has 0 aromatic heterocycles. The molecule has 0 radical (unpaired) electrons. The van der Waals surface area contributed by atoms with Crippen LogP contribution in [0.25, 0.3) is 0 Å². The normalized spacial score (nSPS) is 19.2. The van der Waals surface area contributed by atoms with Gasteiger partial charge in [-0.25, -0.2) is 0 Å². The monoisotopic (exact) mass is 377 g/mol. The van der Waals surface area contributed by atoms with E-state index in [4.69, 9.17) is 23.2 Å². The minimum absolute atomic E-state index is 0.187. The first kappa shape index (κ1) is 17.9. The number of hydrogen-bond acceptors (Lipinski definition) is 3. The third-order valence-electron chi connectivity index (χ3n) is 4.40. The number of hydrogen-bond donors (Lipinski definition) is 1. The highest BCUT2D eigenvalue weighted by Crippen LogP contribution is 2.45. The standard InChI is InChI=1S/C19H17Cl2NO3/c1-11-4-3-5-15-17(11)22(18(24)19(15,25)9-12(2)23)10-13-6-7-14(20)8-16(13)21/h3-8,25H,9-10H2,1-2H3. The number of carbonyl (C=O) groups excluding carboxylic acids is 2. The van der Waals surface area contributed by atoms with Gasteiger partial charge in [-0.3, -0.25) is 9.59 Å². The Morgan fingerprint density at radius 3 is 2.60 bits per heavy atom. The second-order valence-corrected chi connectivity index (χ2v) is 7.18. The Morgan fingerprint density at radius 2 is 1.96 bits per heavy atom. The molecule has 1 N–H and O–H groups in total. The topological polar surface area (TPSA) is 57.6 Å². The van der Waals surface area contributed by atoms with Crippen molar-refractivity contribution >= 4 is 40.6 Å². The summed E-state index contributed by atoms with van der Waals surface area (Å²) in [6.07, 6.45) is -0.257. The summed E-state index contributed by atoms with van der Waals surface area (Å²) in [4.78, 5) is 26.1. The zero-order valence-electron chi connectivity index (χ0n) is 13.8. The van der Waals surface area contributed by atoms with Gasteiger partial charge in [-0.05, 0) is 37.1 Å². The van der Waals surface area contributed by atoms with Gasteiger partial charge >= 0.3 is 0 Å². The fourth-order valence-corrected chi connectivity index (χ4v) is 3.76. The summed E-state index contributed by atoms with van der Waals surface area (Å²) < 4.78 is 0. The summed E-state index contributed by atoms with van der Waals surface area (Å²) in [6.45, 7) is 3.41. The molecule has 0 saturated carbocycles. The highest BCUT2D eigenvalue weighted by molar-refractivity contribution is 6.35. The summed E-state index contributed by atoms with van der Waals surface area (Å²) >= 11 is 12.2. The van der Waals surface area contributed by atoms with E-state index >= 15 is 0 Å². The molecule has 1 aliphatic rings. The van der Waals surface area contributed by atoms with Crippen molar-refractivity contribution in [1.29, 1.82) is 0 Å². The average Bonchev–Trinajstić information content (AvgIpc) is 2.72. The number of ketones is 1. The smallest absolute Gasteiger partial charge is 0.264 e. The minimum Gasteiger partial charge on any atom is -0.375 e. The molecule has 0 fully saturated rings. The number of amides is 1. The molecule has 130 valence electrons. The van der Waals surface area contributed by atoms with Gasteiger partial charge in [-0.1, -0.05) is 47.5 Å². The first-order valence-corrected chi connectivity index (χ1v) is 8.57. The Kier molecular flexibility index (Phi) is 4.62. The van der Waals surface area contributed by atoms with Gasteiger partial charge in [0.2, 0.25) is 0 Å². The van der Waals surface area contributed by atoms with Crippen LogP contribution in [0.1, 0.15) is 30.0 Å². The van der Waals surface area contributed by atoms with Crippen LogP contribution in [0.15, 0.2) is 36.4 Å². The molecule has 1 atom stereocenters. The van der Waals surface area contributed by atoms with Crippen LogP contribution in [0.3, 0.4) is 0 Å². The highest BCUT2D eigenvalue weighted by Gasteiger charge is 2.50. The van der Waals surface area contributed by atoms with Gasteiger partial charge in [0.1, 0.15) is 5.78 Å². The van der Waals surface area contributed by atoms with Gasteiger partial charge in [-0.2, -0.15) is 0 Å². The summed E-state index contributed by atoms with van der Waals surface area (Å²) in [5, 5.41) is 12.0. The third kappa shape index (κ3) is 3.06. The summed E-state index contributed by atoms with van der Waals surface area (Å²) in [7, 11) is 0. The highest BCUT2D eigenvalue weighted by atomic mass is 35.5. The molecular formula is C19H17Cl2NO3. The second-order valence-electron chi connectivity index (χ2n) is 6.34. The number of aliphatic hydroxyl groups is 1. The van der Waals surface area contributed by atoms with Crippen LogP contribution in [0.5, 0.6) is 0 Å². The molecule has 25 heavy (non-hydrogen) atoms. The van der Waals surface area contributed by atoms with Crippen LogP contribution in [0.2, 0.25) is 10.0 Å². The summed E-state index contributed by atoms with van der Waals surface area (Å²) in [5.41, 5.74) is 0.794. The number of halogens is 2. The van der Waals surface area contributed by atoms with Gasteiger partial charge in [0.15, 0.2) is 5.60 Å². The molecule has 0 spiro atoms. The number of benzene rings is 2. The van der Waals surface area contributed by atoms with Crippen molar-refractivity contribution in [2.24, 2.45) is 0 Å². The van der Waals surface area contributed by atoms with E-state index in [-0.39, 0.29) is 18.7 Å². The van der Waals surface area contributed by atoms with Crippen LogP contribution < -0.4 is 4.90 Å². The van der Waals surface area contributed by atoms with Crippen molar-refractivity contribution in [2.75, 3.05) is 4.90 Å². The van der Waals surface area contributed by atoms with E-state index < -0.39 is 11.5 Å². The lowest BCUT2D eigenvalue weighted by Gasteiger charge is -2.23. The maximum atomic E-state index is 13.0. The van der Waals surface area contributed by atoms with Crippen molar-refractivity contribution < 1.29 is 14.7 Å². The maximum absolute atomic E-state index is 13.0. The number of aryl methyl sites for hydroxylation is 1. The van der Waals surface area contributed by atoms with Gasteiger partial charge in [0.25, 0.3) is 5.91 Å². The SMILES string of the molecule is CC(=O)CC1(O)C(=O)N(Cc2ccc(Cl)cc2Cl)c2c(C)cccc21. The molecule has 0 saturated heterocycles. The van der Waals surface area contributed by atoms with Gasteiger partial charge in [0, 0.05) is 22.0 Å². The van der Waals surface area contributed by atoms with E-state index in [2.05, 4.69) is 0 Å². The zero-order valence-corrected chi connectivity index (χ0v) is 15.4. The lowest BCUT2D eigenvalue weighted by atomic mass is 9.89. The van der Waals surface area contributed by atoms with Gasteiger partial charge in [-0.15, -0.1) is 0 Å². The molecule has 3 rings (SSSR count). The van der Waals surface area contributed by atoms with Crippen LogP contribution in [-0.4, -0.2) is 16.8 Å². The van der Waals surface area contributed by atoms with Crippen molar-refractivity contribution in [3.05, 3.63) is 63.1 Å². The molecule has 1 unspecified atom stereocenters. The van der Waals surface area contributed by atoms with Crippen LogP contribution >= 0.6 is 23.2 Å². The number of Topliss-reactive ketones (excluding diaryl/α,β-unsaturated/α-hetero) is 1. The molecule has 0 bridgehead atoms. The third-order valence-corrected chi connectivity index (χ3v) is 4.99. The molecule has 1 heterocycles. The lowest BCUT2D eigenvalue weighted by Crippen LogP contribution is -2.41. The summed E-state index contributed by atoms with van der Waals surface area (Å²) in [5.74, 6) is -0.771. The number of nitrogens with zero attached hydrogens (tertiary/aromatic N) is 1. The van der Waals surface area contributed by atoms with Crippen LogP contribution in [0.4, 0.5) is 5.69 Å². The molecule has 0 aliphatic carbocycles. The first-order chi connectivity index (χ1) is 11.7. The van der Waals surface area contributed by atoms with E-state index in [1.807, 2.05) is 13.0 Å². The number of anilines is 1. The number of fused-ring (bicyclic) bond motifs is 1. The average molecular weight is 378 g/mol. The second kappa shape index (κ2) is 6.45. The fraction of sp³-hybridized carbons (Fsp3) is 0.263. The molecule has 2 aromatic rings. The Morgan fingerprint density at radius 1 is 1.24 bits per heavy atom. The Bertz CT molecular complexity index is 881. The molecule has 6 heteroatoms. The zero-order chi connectivity index (χ0) is 18.4. The van der Waals surface area contributed by atoms with Crippen LogP contribution in [0, 0.1) is 6.92 Å². The predicted octanol–water partition coefficient (Wildman–Crippen LogP) is 4.02. The lowest BCUT2D eigenvalue weighted by molar-refractivity contribution is -0.141. The Balaban J connectivity index is 2.09. The maximum Gasteiger partial charge on any atom is 0.264 e. The van der Waals surface area contributed by atoms with Crippen molar-refractivity contribution in [2.45, 2.75) is 32.4 Å². The molecule has 2 aromatic carbocycles. The molecule has 4 nitrogen and oxygen atoms in total. The molecular weight excluding hydrogens is 361 g/mol. The van der Waals surface area contributed by atoms with E-state index in [9.17, 15) is 14.7 Å². The molecule has 1 amide bonds. The van der Waals surface area contributed by atoms with Crippen LogP contribution in [-0.2, 0) is 21.7 Å². The van der Waals surface area contributed by atoms with E-state index in [1.165, 1.54) is 11.8 Å². The van der Waals surface area contributed by atoms with E-state index in [0.29, 0.717) is 26.9 Å². The largest absolute Gasteiger partial charge is 0.375 e. The van der Waals surface area contributed by atoms with Gasteiger partial charge < -0.3 is 10.0 Å². The number of rotatable bonds is 4. The predicted molar refractivity (Wildman–Crippen MR) is 98.0 cm³/mol. The first-order valence-electron chi connectivity index (χ1n) is 7.82. The van der Waals surface area contributed by atoms with Crippen molar-refractivity contribution in [3.63, 3.8) is 0 Å². The Labute approximate surface area is 156 Å². The minimum atomic E-state index is -1.84. The van der Waals surface area contributed by atoms with Gasteiger partial charge in [0.05, 0.1) is 12.2 Å². The quantitative estimate of drug-likeness (QED) is 0.875. The van der Waals surface area contributed by atoms with E-state index in [0.717, 1.165) is 5.56 Å². The van der Waals surface area contributed by atoms with E-state index in [1.54, 1.807) is 30.3 Å². The number of para-hydroxylation sites is 1. The molecule has 1 aliphatic heterocycles. The van der Waals surface area contributed by atoms with Crippen molar-refractivity contribution in [3.8, 4) is 0 Å². The number of carbonyl (C=O) groups is 2. The fourth-order valence-electron chi connectivity index (χ4n) is 3.29. The van der Waals surface area contributed by atoms with Crippen molar-refractivity contribution in [1.82, 2.24) is 0 Å².